The molecule has 0 N–H and O–H groups in total. The van der Waals surface area contributed by atoms with Gasteiger partial charge in [-0.25, -0.2) is 0 Å². The Kier molecular flexibility index (Phi) is 3.85. The predicted molar refractivity (Wildman–Crippen MR) is 75.1 cm³/mol. The summed E-state index contributed by atoms with van der Waals surface area (Å²) < 4.78 is 0. The minimum Gasteiger partial charge on any atom is -0.258 e. The molecule has 0 fully saturated rings. The molecule has 0 heterocycles. The Hall–Kier alpha value is -3.02. The van der Waals surface area contributed by atoms with Crippen molar-refractivity contribution in [2.45, 2.75) is 0 Å². The van der Waals surface area contributed by atoms with Crippen molar-refractivity contribution in [3.63, 3.8) is 0 Å². The Bertz CT molecular complexity index is 678. The first-order chi connectivity index (χ1) is 9.56. The molecule has 0 saturated heterocycles. The number of nitro groups is 2. The smallest absolute Gasteiger partial charge is 0.258 e. The SMILES string of the molecule is O=[N+]([O-])c1ccc(/C=C\c2cccc([N+](=O)[O-])c2)cc1. The van der Waals surface area contributed by atoms with Gasteiger partial charge in [-0.3, -0.25) is 20.2 Å². The largest absolute Gasteiger partial charge is 0.270 e. The van der Waals surface area contributed by atoms with Crippen LogP contribution < -0.4 is 0 Å². The van der Waals surface area contributed by atoms with Crippen molar-refractivity contribution >= 4 is 23.5 Å². The topological polar surface area (TPSA) is 86.3 Å². The summed E-state index contributed by atoms with van der Waals surface area (Å²) in [5.41, 5.74) is 1.52. The van der Waals surface area contributed by atoms with Crippen molar-refractivity contribution in [3.8, 4) is 0 Å². The Morgan fingerprint density at radius 1 is 0.750 bits per heavy atom. The lowest BCUT2D eigenvalue weighted by atomic mass is 10.1. The molecule has 6 nitrogen and oxygen atoms in total. The summed E-state index contributed by atoms with van der Waals surface area (Å²) in [5.74, 6) is 0. The van der Waals surface area contributed by atoms with Crippen LogP contribution in [-0.4, -0.2) is 9.85 Å². The average molecular weight is 270 g/mol. The zero-order valence-electron chi connectivity index (χ0n) is 10.3. The van der Waals surface area contributed by atoms with Gasteiger partial charge in [0, 0.05) is 24.3 Å². The van der Waals surface area contributed by atoms with Crippen molar-refractivity contribution in [1.82, 2.24) is 0 Å². The Morgan fingerprint density at radius 2 is 1.35 bits per heavy atom. The van der Waals surface area contributed by atoms with E-state index in [1.165, 1.54) is 24.3 Å². The van der Waals surface area contributed by atoms with Gasteiger partial charge in [-0.15, -0.1) is 0 Å². The van der Waals surface area contributed by atoms with Gasteiger partial charge in [0.1, 0.15) is 0 Å². The second kappa shape index (κ2) is 5.75. The molecule has 0 spiro atoms. The van der Waals surface area contributed by atoms with E-state index in [1.807, 2.05) is 0 Å². The number of hydrogen-bond acceptors (Lipinski definition) is 4. The van der Waals surface area contributed by atoms with Crippen LogP contribution in [0.2, 0.25) is 0 Å². The molecular weight excluding hydrogens is 260 g/mol. The van der Waals surface area contributed by atoms with E-state index in [0.717, 1.165) is 5.56 Å². The van der Waals surface area contributed by atoms with Crippen LogP contribution in [0.1, 0.15) is 11.1 Å². The van der Waals surface area contributed by atoms with E-state index < -0.39 is 9.85 Å². The molecule has 0 radical (unpaired) electrons. The van der Waals surface area contributed by atoms with E-state index in [0.29, 0.717) is 5.56 Å². The summed E-state index contributed by atoms with van der Waals surface area (Å²) >= 11 is 0. The highest BCUT2D eigenvalue weighted by Crippen LogP contribution is 2.17. The van der Waals surface area contributed by atoms with E-state index in [9.17, 15) is 20.2 Å². The van der Waals surface area contributed by atoms with Crippen LogP contribution in [0.5, 0.6) is 0 Å². The van der Waals surface area contributed by atoms with Crippen LogP contribution >= 0.6 is 0 Å². The van der Waals surface area contributed by atoms with Crippen LogP contribution in [0.25, 0.3) is 12.2 Å². The molecule has 100 valence electrons. The maximum atomic E-state index is 10.6. The van der Waals surface area contributed by atoms with E-state index in [-0.39, 0.29) is 11.4 Å². The first kappa shape index (κ1) is 13.4. The summed E-state index contributed by atoms with van der Waals surface area (Å²) in [4.78, 5) is 20.2. The summed E-state index contributed by atoms with van der Waals surface area (Å²) in [5, 5.41) is 21.2. The highest BCUT2D eigenvalue weighted by Gasteiger charge is 2.04. The molecule has 0 atom stereocenters. The number of rotatable bonds is 4. The van der Waals surface area contributed by atoms with E-state index in [1.54, 1.807) is 36.4 Å². The third-order valence-corrected chi connectivity index (χ3v) is 2.65. The van der Waals surface area contributed by atoms with Gasteiger partial charge < -0.3 is 0 Å². The second-order valence-corrected chi connectivity index (χ2v) is 4.03. The van der Waals surface area contributed by atoms with Gasteiger partial charge in [-0.1, -0.05) is 24.3 Å². The van der Waals surface area contributed by atoms with Gasteiger partial charge >= 0.3 is 0 Å². The Balaban J connectivity index is 2.18. The van der Waals surface area contributed by atoms with Gasteiger partial charge in [0.2, 0.25) is 0 Å². The number of benzene rings is 2. The summed E-state index contributed by atoms with van der Waals surface area (Å²) in [6.45, 7) is 0. The van der Waals surface area contributed by atoms with E-state index in [4.69, 9.17) is 0 Å². The highest BCUT2D eigenvalue weighted by atomic mass is 16.6. The molecular formula is C14H10N2O4. The fourth-order valence-electron chi connectivity index (χ4n) is 1.64. The zero-order valence-corrected chi connectivity index (χ0v) is 10.3. The lowest BCUT2D eigenvalue weighted by molar-refractivity contribution is -0.385. The minimum atomic E-state index is -0.464. The molecule has 0 aliphatic rings. The Morgan fingerprint density at radius 3 is 1.95 bits per heavy atom. The normalized spacial score (nSPS) is 10.6. The van der Waals surface area contributed by atoms with Crippen LogP contribution in [-0.2, 0) is 0 Å². The van der Waals surface area contributed by atoms with Crippen LogP contribution in [0.15, 0.2) is 48.5 Å². The lowest BCUT2D eigenvalue weighted by Crippen LogP contribution is -1.87. The van der Waals surface area contributed by atoms with Crippen LogP contribution in [0.3, 0.4) is 0 Å². The first-order valence-electron chi connectivity index (χ1n) is 5.73. The molecule has 0 saturated carbocycles. The quantitative estimate of drug-likeness (QED) is 0.481. The summed E-state index contributed by atoms with van der Waals surface area (Å²) in [6.07, 6.45) is 3.46. The maximum Gasteiger partial charge on any atom is 0.270 e. The molecule has 0 aliphatic carbocycles. The number of nitro benzene ring substituents is 2. The molecule has 0 unspecified atom stereocenters. The molecule has 0 aromatic heterocycles. The van der Waals surface area contributed by atoms with Crippen molar-refractivity contribution in [1.29, 1.82) is 0 Å². The Labute approximate surface area is 114 Å². The van der Waals surface area contributed by atoms with E-state index in [2.05, 4.69) is 0 Å². The van der Waals surface area contributed by atoms with Crippen molar-refractivity contribution in [2.24, 2.45) is 0 Å². The van der Waals surface area contributed by atoms with Gasteiger partial charge in [-0.2, -0.15) is 0 Å². The van der Waals surface area contributed by atoms with Gasteiger partial charge in [0.05, 0.1) is 9.85 Å². The highest BCUT2D eigenvalue weighted by molar-refractivity contribution is 5.70. The molecule has 0 amide bonds. The number of hydrogen-bond donors (Lipinski definition) is 0. The minimum absolute atomic E-state index is 0.0239. The summed E-state index contributed by atoms with van der Waals surface area (Å²) in [7, 11) is 0. The standard InChI is InChI=1S/C14H10N2O4/c17-15(18)13-8-6-11(7-9-13)4-5-12-2-1-3-14(10-12)16(19)20/h1-10H/b5-4-. The monoisotopic (exact) mass is 270 g/mol. The van der Waals surface area contributed by atoms with E-state index >= 15 is 0 Å². The van der Waals surface area contributed by atoms with Crippen LogP contribution in [0.4, 0.5) is 11.4 Å². The molecule has 2 rings (SSSR count). The molecule has 2 aromatic rings. The fraction of sp³-hybridized carbons (Fsp3) is 0. The summed E-state index contributed by atoms with van der Waals surface area (Å²) in [6, 6.07) is 12.3. The molecule has 0 bridgehead atoms. The van der Waals surface area contributed by atoms with Crippen molar-refractivity contribution < 1.29 is 9.85 Å². The maximum absolute atomic E-state index is 10.6. The van der Waals surface area contributed by atoms with Crippen LogP contribution in [0, 0.1) is 20.2 Å². The second-order valence-electron chi connectivity index (χ2n) is 4.03. The number of nitrogens with zero attached hydrogens (tertiary/aromatic N) is 2. The first-order valence-corrected chi connectivity index (χ1v) is 5.73. The molecule has 20 heavy (non-hydrogen) atoms. The zero-order chi connectivity index (χ0) is 14.5. The molecule has 6 heteroatoms. The molecule has 2 aromatic carbocycles. The lowest BCUT2D eigenvalue weighted by Gasteiger charge is -1.96. The van der Waals surface area contributed by atoms with Crippen molar-refractivity contribution in [2.75, 3.05) is 0 Å². The van der Waals surface area contributed by atoms with Gasteiger partial charge in [-0.05, 0) is 23.3 Å². The average Bonchev–Trinajstić information content (AvgIpc) is 2.46. The van der Waals surface area contributed by atoms with Crippen molar-refractivity contribution in [3.05, 3.63) is 79.9 Å². The third kappa shape index (κ3) is 3.26. The third-order valence-electron chi connectivity index (χ3n) is 2.65. The predicted octanol–water partition coefficient (Wildman–Crippen LogP) is 3.67. The fourth-order valence-corrected chi connectivity index (χ4v) is 1.64. The van der Waals surface area contributed by atoms with Gasteiger partial charge in [0.15, 0.2) is 0 Å². The number of non-ortho nitro benzene ring substituents is 2. The molecule has 0 aliphatic heterocycles. The van der Waals surface area contributed by atoms with Gasteiger partial charge in [0.25, 0.3) is 11.4 Å².